The minimum atomic E-state index is -0.486. The lowest BCUT2D eigenvalue weighted by molar-refractivity contribution is -0.129. The summed E-state index contributed by atoms with van der Waals surface area (Å²) in [6.07, 6.45) is 11.9. The van der Waals surface area contributed by atoms with Crippen molar-refractivity contribution >= 4 is 17.9 Å². The maximum Gasteiger partial charge on any atom is 0.363 e. The number of hydrogen-bond donors (Lipinski definition) is 0. The van der Waals surface area contributed by atoms with Gasteiger partial charge in [-0.05, 0) is 54.5 Å². The molecule has 0 radical (unpaired) electrons. The highest BCUT2D eigenvalue weighted by atomic mass is 16.6. The Kier molecular flexibility index (Phi) is 10.0. The van der Waals surface area contributed by atoms with Gasteiger partial charge in [0, 0.05) is 5.56 Å². The van der Waals surface area contributed by atoms with Crippen molar-refractivity contribution in [1.82, 2.24) is 0 Å². The maximum absolute atomic E-state index is 12.3. The monoisotopic (exact) mass is 465 g/mol. The van der Waals surface area contributed by atoms with Crippen LogP contribution in [0.4, 0.5) is 0 Å². The fourth-order valence-electron chi connectivity index (χ4n) is 3.75. The first-order chi connectivity index (χ1) is 16.6. The van der Waals surface area contributed by atoms with Crippen molar-refractivity contribution in [2.75, 3.05) is 20.8 Å². The minimum absolute atomic E-state index is 0.234. The Morgan fingerprint density at radius 2 is 1.53 bits per heavy atom. The maximum atomic E-state index is 12.3. The summed E-state index contributed by atoms with van der Waals surface area (Å²) in [6.45, 7) is 2.95. The van der Waals surface area contributed by atoms with Crippen LogP contribution >= 0.6 is 0 Å². The van der Waals surface area contributed by atoms with E-state index in [0.29, 0.717) is 18.1 Å². The summed E-state index contributed by atoms with van der Waals surface area (Å²) in [5.74, 6) is 1.80. The van der Waals surface area contributed by atoms with Gasteiger partial charge in [-0.2, -0.15) is 0 Å². The Balaban J connectivity index is 1.51. The number of rotatable bonds is 14. The third kappa shape index (κ3) is 7.37. The van der Waals surface area contributed by atoms with Crippen LogP contribution < -0.4 is 14.2 Å². The van der Waals surface area contributed by atoms with Gasteiger partial charge in [0.25, 0.3) is 0 Å². The number of carbonyl (C=O) groups is 1. The van der Waals surface area contributed by atoms with E-state index in [1.807, 2.05) is 30.3 Å². The third-order valence-electron chi connectivity index (χ3n) is 5.70. The van der Waals surface area contributed by atoms with Gasteiger partial charge >= 0.3 is 5.97 Å². The van der Waals surface area contributed by atoms with Crippen LogP contribution in [0.5, 0.6) is 17.2 Å². The quantitative estimate of drug-likeness (QED) is 0.179. The Labute approximate surface area is 202 Å². The van der Waals surface area contributed by atoms with Crippen LogP contribution in [-0.2, 0) is 9.53 Å². The predicted octanol–water partition coefficient (Wildman–Crippen LogP) is 6.57. The zero-order chi connectivity index (χ0) is 24.2. The summed E-state index contributed by atoms with van der Waals surface area (Å²) in [5.41, 5.74) is 1.72. The zero-order valence-corrected chi connectivity index (χ0v) is 20.5. The number of aliphatic imine (C=N–C) groups is 1. The van der Waals surface area contributed by atoms with Crippen LogP contribution in [0.1, 0.15) is 69.4 Å². The van der Waals surface area contributed by atoms with E-state index in [1.54, 1.807) is 32.4 Å². The molecule has 0 atom stereocenters. The summed E-state index contributed by atoms with van der Waals surface area (Å²) >= 11 is 0. The van der Waals surface area contributed by atoms with Gasteiger partial charge in [-0.15, -0.1) is 0 Å². The van der Waals surface area contributed by atoms with Crippen molar-refractivity contribution in [2.24, 2.45) is 4.99 Å². The summed E-state index contributed by atoms with van der Waals surface area (Å²) in [4.78, 5) is 16.7. The van der Waals surface area contributed by atoms with Gasteiger partial charge in [-0.3, -0.25) is 0 Å². The number of nitrogens with zero attached hydrogens (tertiary/aromatic N) is 1. The van der Waals surface area contributed by atoms with Crippen molar-refractivity contribution in [3.63, 3.8) is 0 Å². The van der Waals surface area contributed by atoms with Gasteiger partial charge in [-0.25, -0.2) is 9.79 Å². The van der Waals surface area contributed by atoms with Crippen molar-refractivity contribution < 1.29 is 23.7 Å². The summed E-state index contributed by atoms with van der Waals surface area (Å²) < 4.78 is 21.8. The highest BCUT2D eigenvalue weighted by Crippen LogP contribution is 2.29. The second-order valence-electron chi connectivity index (χ2n) is 8.30. The first-order valence-electron chi connectivity index (χ1n) is 12.1. The van der Waals surface area contributed by atoms with Crippen LogP contribution in [0.2, 0.25) is 0 Å². The second-order valence-corrected chi connectivity index (χ2v) is 8.30. The molecule has 6 nitrogen and oxygen atoms in total. The van der Waals surface area contributed by atoms with E-state index in [9.17, 15) is 4.79 Å². The normalized spacial score (nSPS) is 14.1. The second kappa shape index (κ2) is 13.4. The Hall–Kier alpha value is -3.28. The predicted molar refractivity (Wildman–Crippen MR) is 135 cm³/mol. The molecule has 1 aliphatic heterocycles. The first kappa shape index (κ1) is 25.3. The summed E-state index contributed by atoms with van der Waals surface area (Å²) in [5, 5.41) is 0. The lowest BCUT2D eigenvalue weighted by Gasteiger charge is -2.07. The molecule has 2 aromatic carbocycles. The Morgan fingerprint density at radius 1 is 0.853 bits per heavy atom. The third-order valence-corrected chi connectivity index (χ3v) is 5.70. The molecule has 0 bridgehead atoms. The Bertz CT molecular complexity index is 994. The van der Waals surface area contributed by atoms with E-state index in [2.05, 4.69) is 11.9 Å². The van der Waals surface area contributed by atoms with E-state index in [0.717, 1.165) is 23.3 Å². The molecule has 0 amide bonds. The van der Waals surface area contributed by atoms with Gasteiger partial charge in [-0.1, -0.05) is 57.9 Å². The number of ether oxygens (including phenoxy) is 4. The highest BCUT2D eigenvalue weighted by molar-refractivity contribution is 6.12. The lowest BCUT2D eigenvalue weighted by Crippen LogP contribution is -2.05. The molecule has 1 aliphatic rings. The standard InChI is InChI=1S/C28H35NO5/c1-4-5-6-7-8-9-10-11-18-33-23-15-13-22(14-16-23)27-29-24(28(30)34-27)19-21-12-17-25(31-2)26(20-21)32-3/h12-17,19-20H,4-11,18H2,1-3H3/b24-19-. The highest BCUT2D eigenvalue weighted by Gasteiger charge is 2.24. The minimum Gasteiger partial charge on any atom is -0.494 e. The molecule has 182 valence electrons. The van der Waals surface area contributed by atoms with Crippen LogP contribution in [0.25, 0.3) is 6.08 Å². The van der Waals surface area contributed by atoms with Crippen LogP contribution in [-0.4, -0.2) is 32.7 Å². The van der Waals surface area contributed by atoms with Crippen molar-refractivity contribution in [3.8, 4) is 17.2 Å². The molecule has 6 heteroatoms. The first-order valence-corrected chi connectivity index (χ1v) is 12.1. The number of hydrogen-bond acceptors (Lipinski definition) is 6. The van der Waals surface area contributed by atoms with Gasteiger partial charge < -0.3 is 18.9 Å². The van der Waals surface area contributed by atoms with Crippen LogP contribution in [0.3, 0.4) is 0 Å². The van der Waals surface area contributed by atoms with E-state index in [-0.39, 0.29) is 11.6 Å². The number of unbranched alkanes of at least 4 members (excludes halogenated alkanes) is 7. The molecule has 0 aliphatic carbocycles. The largest absolute Gasteiger partial charge is 0.494 e. The van der Waals surface area contributed by atoms with E-state index >= 15 is 0 Å². The smallest absolute Gasteiger partial charge is 0.363 e. The Morgan fingerprint density at radius 3 is 2.21 bits per heavy atom. The fourth-order valence-corrected chi connectivity index (χ4v) is 3.75. The number of methoxy groups -OCH3 is 2. The van der Waals surface area contributed by atoms with Gasteiger partial charge in [0.15, 0.2) is 17.2 Å². The SMILES string of the molecule is CCCCCCCCCCOc1ccc(C2=N/C(=C\c3ccc(OC)c(OC)c3)C(=O)O2)cc1. The van der Waals surface area contributed by atoms with Crippen LogP contribution in [0, 0.1) is 0 Å². The molecule has 0 aromatic heterocycles. The van der Waals surface area contributed by atoms with Gasteiger partial charge in [0.2, 0.25) is 5.90 Å². The molecule has 2 aromatic rings. The molecule has 34 heavy (non-hydrogen) atoms. The molecule has 0 unspecified atom stereocenters. The topological polar surface area (TPSA) is 66.3 Å². The number of benzene rings is 2. The van der Waals surface area contributed by atoms with Crippen LogP contribution in [0.15, 0.2) is 53.2 Å². The van der Waals surface area contributed by atoms with Crippen molar-refractivity contribution in [1.29, 1.82) is 0 Å². The fraction of sp³-hybridized carbons (Fsp3) is 0.429. The van der Waals surface area contributed by atoms with Crippen molar-refractivity contribution in [2.45, 2.75) is 58.3 Å². The molecule has 0 saturated carbocycles. The molecule has 0 fully saturated rings. The molecule has 0 N–H and O–H groups in total. The van der Waals surface area contributed by atoms with E-state index < -0.39 is 5.97 Å². The number of esters is 1. The van der Waals surface area contributed by atoms with E-state index in [1.165, 1.54) is 44.9 Å². The molecule has 0 spiro atoms. The number of cyclic esters (lactones) is 1. The van der Waals surface area contributed by atoms with Gasteiger partial charge in [0.05, 0.1) is 20.8 Å². The average Bonchev–Trinajstić information content (AvgIpc) is 3.23. The molecular weight excluding hydrogens is 430 g/mol. The summed E-state index contributed by atoms with van der Waals surface area (Å²) in [6, 6.07) is 12.9. The molecule has 1 heterocycles. The molecule has 3 rings (SSSR count). The molecule has 0 saturated heterocycles. The zero-order valence-electron chi connectivity index (χ0n) is 20.5. The van der Waals surface area contributed by atoms with Crippen molar-refractivity contribution in [3.05, 3.63) is 59.3 Å². The van der Waals surface area contributed by atoms with E-state index in [4.69, 9.17) is 18.9 Å². The average molecular weight is 466 g/mol. The molecular formula is C28H35NO5. The lowest BCUT2D eigenvalue weighted by atomic mass is 10.1. The summed E-state index contributed by atoms with van der Waals surface area (Å²) in [7, 11) is 3.14. The number of carbonyl (C=O) groups excluding carboxylic acids is 1. The van der Waals surface area contributed by atoms with Gasteiger partial charge in [0.1, 0.15) is 5.75 Å².